The maximum atomic E-state index is 12.6. The quantitative estimate of drug-likeness (QED) is 0.628. The van der Waals surface area contributed by atoms with Crippen molar-refractivity contribution in [2.45, 2.75) is 19.6 Å². The third-order valence-corrected chi connectivity index (χ3v) is 5.71. The first-order chi connectivity index (χ1) is 14.0. The highest BCUT2D eigenvalue weighted by atomic mass is 32.1. The average molecular weight is 409 g/mol. The van der Waals surface area contributed by atoms with E-state index in [1.807, 2.05) is 24.3 Å². The Kier molecular flexibility index (Phi) is 5.22. The SMILES string of the molecule is COc1cccc(NC(=O)[C@@H](C)OC(=O)c2cc3c(s2)-c2ccccc2OC3)c1. The lowest BCUT2D eigenvalue weighted by atomic mass is 10.1. The van der Waals surface area contributed by atoms with Crippen molar-refractivity contribution in [1.82, 2.24) is 0 Å². The van der Waals surface area contributed by atoms with Crippen LogP contribution in [0.1, 0.15) is 22.2 Å². The molecule has 0 saturated carbocycles. The summed E-state index contributed by atoms with van der Waals surface area (Å²) in [5.74, 6) is 0.476. The molecule has 3 aromatic rings. The first-order valence-corrected chi connectivity index (χ1v) is 9.87. The Bertz CT molecular complexity index is 1070. The molecule has 7 heteroatoms. The average Bonchev–Trinajstić information content (AvgIpc) is 3.19. The van der Waals surface area contributed by atoms with E-state index in [-0.39, 0.29) is 0 Å². The van der Waals surface area contributed by atoms with Gasteiger partial charge in [-0.15, -0.1) is 11.3 Å². The highest BCUT2D eigenvalue weighted by Crippen LogP contribution is 2.42. The fourth-order valence-corrected chi connectivity index (χ4v) is 4.10. The van der Waals surface area contributed by atoms with Gasteiger partial charge in [0.1, 0.15) is 23.0 Å². The zero-order valence-corrected chi connectivity index (χ0v) is 16.7. The first-order valence-electron chi connectivity index (χ1n) is 9.06. The third kappa shape index (κ3) is 3.95. The molecule has 6 nitrogen and oxygen atoms in total. The fraction of sp³-hybridized carbons (Fsp3) is 0.182. The molecule has 1 aliphatic rings. The number of carbonyl (C=O) groups excluding carboxylic acids is 2. The number of methoxy groups -OCH3 is 1. The highest BCUT2D eigenvalue weighted by molar-refractivity contribution is 7.17. The number of esters is 1. The largest absolute Gasteiger partial charge is 0.497 e. The first kappa shape index (κ1) is 19.0. The molecule has 1 N–H and O–H groups in total. The van der Waals surface area contributed by atoms with Gasteiger partial charge in [0.2, 0.25) is 0 Å². The Labute approximate surface area is 172 Å². The van der Waals surface area contributed by atoms with E-state index in [0.29, 0.717) is 22.9 Å². The predicted octanol–water partition coefficient (Wildman–Crippen LogP) is 4.50. The number of hydrogen-bond acceptors (Lipinski definition) is 6. The van der Waals surface area contributed by atoms with Gasteiger partial charge < -0.3 is 19.5 Å². The molecule has 2 aromatic carbocycles. The maximum Gasteiger partial charge on any atom is 0.349 e. The molecule has 0 unspecified atom stereocenters. The van der Waals surface area contributed by atoms with Crippen LogP contribution in [0.4, 0.5) is 5.69 Å². The summed E-state index contributed by atoms with van der Waals surface area (Å²) in [6.07, 6.45) is -0.948. The molecular weight excluding hydrogens is 390 g/mol. The Morgan fingerprint density at radius 3 is 2.79 bits per heavy atom. The van der Waals surface area contributed by atoms with Gasteiger partial charge in [0.25, 0.3) is 5.91 Å². The Balaban J connectivity index is 1.44. The molecule has 1 aliphatic heterocycles. The molecule has 0 saturated heterocycles. The van der Waals surface area contributed by atoms with Gasteiger partial charge in [-0.2, -0.15) is 0 Å². The number of thiophene rings is 1. The number of hydrogen-bond donors (Lipinski definition) is 1. The van der Waals surface area contributed by atoms with Crippen LogP contribution in [0.2, 0.25) is 0 Å². The molecule has 1 amide bonds. The van der Waals surface area contributed by atoms with Crippen LogP contribution < -0.4 is 14.8 Å². The topological polar surface area (TPSA) is 73.9 Å². The molecule has 1 atom stereocenters. The molecule has 1 aromatic heterocycles. The zero-order chi connectivity index (χ0) is 20.4. The van der Waals surface area contributed by atoms with Gasteiger partial charge in [0, 0.05) is 27.8 Å². The number of nitrogens with one attached hydrogen (secondary N) is 1. The molecule has 2 heterocycles. The van der Waals surface area contributed by atoms with Crippen LogP contribution in [0, 0.1) is 0 Å². The van der Waals surface area contributed by atoms with Gasteiger partial charge in [0.05, 0.1) is 7.11 Å². The number of ether oxygens (including phenoxy) is 3. The van der Waals surface area contributed by atoms with Gasteiger partial charge in [0.15, 0.2) is 6.10 Å². The van der Waals surface area contributed by atoms with E-state index < -0.39 is 18.0 Å². The fourth-order valence-electron chi connectivity index (χ4n) is 3.02. The second-order valence-electron chi connectivity index (χ2n) is 6.52. The van der Waals surface area contributed by atoms with Gasteiger partial charge in [-0.25, -0.2) is 4.79 Å². The van der Waals surface area contributed by atoms with Crippen LogP contribution >= 0.6 is 11.3 Å². The summed E-state index contributed by atoms with van der Waals surface area (Å²) >= 11 is 1.35. The lowest BCUT2D eigenvalue weighted by molar-refractivity contribution is -0.123. The Morgan fingerprint density at radius 2 is 1.97 bits per heavy atom. The second-order valence-corrected chi connectivity index (χ2v) is 7.57. The van der Waals surface area contributed by atoms with Crippen molar-refractivity contribution in [3.8, 4) is 21.9 Å². The lowest BCUT2D eigenvalue weighted by Crippen LogP contribution is -2.29. The molecule has 148 valence electrons. The standard InChI is InChI=1S/C22H19NO5S/c1-13(21(24)23-15-6-5-7-16(11-15)26-2)28-22(25)19-10-14-12-27-18-9-4-3-8-17(18)20(14)29-19/h3-11,13H,12H2,1-2H3,(H,23,24)/t13-/m1/s1. The van der Waals surface area contributed by atoms with Gasteiger partial charge in [-0.1, -0.05) is 18.2 Å². The number of benzene rings is 2. The number of rotatable bonds is 5. The minimum Gasteiger partial charge on any atom is -0.497 e. The normalized spacial score (nSPS) is 12.8. The summed E-state index contributed by atoms with van der Waals surface area (Å²) in [5.41, 5.74) is 2.47. The van der Waals surface area contributed by atoms with Crippen molar-refractivity contribution in [1.29, 1.82) is 0 Å². The zero-order valence-electron chi connectivity index (χ0n) is 15.9. The van der Waals surface area contributed by atoms with E-state index in [2.05, 4.69) is 5.32 Å². The van der Waals surface area contributed by atoms with Crippen LogP contribution in [0.5, 0.6) is 11.5 Å². The number of amides is 1. The summed E-state index contributed by atoms with van der Waals surface area (Å²) in [4.78, 5) is 26.4. The second kappa shape index (κ2) is 7.97. The van der Waals surface area contributed by atoms with E-state index in [1.165, 1.54) is 11.3 Å². The molecule has 0 bridgehead atoms. The smallest absolute Gasteiger partial charge is 0.349 e. The Morgan fingerprint density at radius 1 is 1.14 bits per heavy atom. The third-order valence-electron chi connectivity index (χ3n) is 4.52. The van der Waals surface area contributed by atoms with Gasteiger partial charge >= 0.3 is 5.97 Å². The van der Waals surface area contributed by atoms with E-state index in [4.69, 9.17) is 14.2 Å². The summed E-state index contributed by atoms with van der Waals surface area (Å²) in [5, 5.41) is 2.72. The summed E-state index contributed by atoms with van der Waals surface area (Å²) in [7, 11) is 1.55. The van der Waals surface area contributed by atoms with Crippen LogP contribution in [-0.2, 0) is 16.1 Å². The lowest BCUT2D eigenvalue weighted by Gasteiger charge is -2.16. The van der Waals surface area contributed by atoms with Crippen molar-refractivity contribution in [3.63, 3.8) is 0 Å². The minimum absolute atomic E-state index is 0.405. The number of fused-ring (bicyclic) bond motifs is 3. The van der Waals surface area contributed by atoms with Crippen molar-refractivity contribution >= 4 is 28.9 Å². The highest BCUT2D eigenvalue weighted by Gasteiger charge is 2.25. The van der Waals surface area contributed by atoms with E-state index in [1.54, 1.807) is 44.4 Å². The minimum atomic E-state index is -0.948. The number of para-hydroxylation sites is 1. The van der Waals surface area contributed by atoms with Crippen LogP contribution in [0.15, 0.2) is 54.6 Å². The van der Waals surface area contributed by atoms with Gasteiger partial charge in [-0.05, 0) is 37.3 Å². The Hall–Kier alpha value is -3.32. The van der Waals surface area contributed by atoms with E-state index >= 15 is 0 Å². The van der Waals surface area contributed by atoms with Crippen molar-refractivity contribution in [2.24, 2.45) is 0 Å². The summed E-state index contributed by atoms with van der Waals surface area (Å²) in [6, 6.07) is 16.4. The molecule has 0 fully saturated rings. The molecule has 0 radical (unpaired) electrons. The summed E-state index contributed by atoms with van der Waals surface area (Å²) in [6.45, 7) is 1.95. The van der Waals surface area contributed by atoms with E-state index in [0.717, 1.165) is 21.8 Å². The number of anilines is 1. The molecule has 0 spiro atoms. The molecule has 4 rings (SSSR count). The number of carbonyl (C=O) groups is 2. The monoisotopic (exact) mass is 409 g/mol. The van der Waals surface area contributed by atoms with Crippen molar-refractivity contribution in [3.05, 3.63) is 65.0 Å². The van der Waals surface area contributed by atoms with Crippen LogP contribution in [0.25, 0.3) is 10.4 Å². The van der Waals surface area contributed by atoms with Crippen molar-refractivity contribution in [2.75, 3.05) is 12.4 Å². The van der Waals surface area contributed by atoms with Crippen LogP contribution in [0.3, 0.4) is 0 Å². The molecule has 29 heavy (non-hydrogen) atoms. The van der Waals surface area contributed by atoms with Crippen LogP contribution in [-0.4, -0.2) is 25.1 Å². The molecule has 0 aliphatic carbocycles. The maximum absolute atomic E-state index is 12.6. The van der Waals surface area contributed by atoms with E-state index in [9.17, 15) is 9.59 Å². The van der Waals surface area contributed by atoms with Gasteiger partial charge in [-0.3, -0.25) is 4.79 Å². The predicted molar refractivity (Wildman–Crippen MR) is 111 cm³/mol. The van der Waals surface area contributed by atoms with Crippen molar-refractivity contribution < 1.29 is 23.8 Å². The summed E-state index contributed by atoms with van der Waals surface area (Å²) < 4.78 is 16.2. The molecular formula is C22H19NO5S.